The highest BCUT2D eigenvalue weighted by atomic mass is 16.6. The van der Waals surface area contributed by atoms with Crippen molar-refractivity contribution in [1.29, 1.82) is 0 Å². The van der Waals surface area contributed by atoms with Gasteiger partial charge in [-0.15, -0.1) is 0 Å². The van der Waals surface area contributed by atoms with Crippen LogP contribution < -0.4 is 0 Å². The molecule has 0 heterocycles. The minimum atomic E-state index is -0.576. The van der Waals surface area contributed by atoms with Crippen molar-refractivity contribution in [3.8, 4) is 0 Å². The Morgan fingerprint density at radius 2 is 0.955 bits per heavy atom. The third-order valence-corrected chi connectivity index (χ3v) is 7.97. The van der Waals surface area contributed by atoms with E-state index in [1.54, 1.807) is 14.2 Å². The summed E-state index contributed by atoms with van der Waals surface area (Å²) in [6.07, 6.45) is 0.0464. The highest BCUT2D eigenvalue weighted by Crippen LogP contribution is 2.31. The summed E-state index contributed by atoms with van der Waals surface area (Å²) < 4.78 is 38.8. The van der Waals surface area contributed by atoms with Crippen LogP contribution in [0.25, 0.3) is 0 Å². The van der Waals surface area contributed by atoms with Crippen molar-refractivity contribution in [2.45, 2.75) is 125 Å². The normalized spacial score (nSPS) is 17.4. The molecule has 0 amide bonds. The molecule has 44 heavy (non-hydrogen) atoms. The lowest BCUT2D eigenvalue weighted by molar-refractivity contribution is -0.163. The zero-order valence-corrected chi connectivity index (χ0v) is 28.5. The molecule has 0 aliphatic carbocycles. The highest BCUT2D eigenvalue weighted by molar-refractivity contribution is 5.67. The average Bonchev–Trinajstić information content (AvgIpc) is 2.92. The van der Waals surface area contributed by atoms with Gasteiger partial charge in [0.25, 0.3) is 0 Å². The highest BCUT2D eigenvalue weighted by Gasteiger charge is 2.36. The second-order valence-electron chi connectivity index (χ2n) is 11.7. The van der Waals surface area contributed by atoms with E-state index >= 15 is 0 Å². The predicted octanol–water partition coefficient (Wildman–Crippen LogP) is 4.43. The average molecular weight is 633 g/mol. The lowest BCUT2D eigenvalue weighted by Crippen LogP contribution is -2.41. The number of hydrogen-bond donors (Lipinski definition) is 0. The van der Waals surface area contributed by atoms with Gasteiger partial charge in [0, 0.05) is 73.5 Å². The first-order valence-corrected chi connectivity index (χ1v) is 15.4. The number of methoxy groups -OCH3 is 2. The molecule has 12 nitrogen and oxygen atoms in total. The number of rotatable bonds is 22. The van der Waals surface area contributed by atoms with E-state index in [0.29, 0.717) is 32.1 Å². The van der Waals surface area contributed by atoms with E-state index in [-0.39, 0.29) is 61.0 Å². The maximum atomic E-state index is 12.1. The minimum absolute atomic E-state index is 0.0360. The van der Waals surface area contributed by atoms with Gasteiger partial charge in [0.15, 0.2) is 0 Å². The summed E-state index contributed by atoms with van der Waals surface area (Å²) in [5.74, 6) is -2.89. The van der Waals surface area contributed by atoms with Gasteiger partial charge in [-0.2, -0.15) is 0 Å². The summed E-state index contributed by atoms with van der Waals surface area (Å²) in [5.41, 5.74) is 0. The monoisotopic (exact) mass is 632 g/mol. The van der Waals surface area contributed by atoms with Crippen LogP contribution in [0.4, 0.5) is 0 Å². The van der Waals surface area contributed by atoms with Gasteiger partial charge in [-0.3, -0.25) is 24.0 Å². The van der Waals surface area contributed by atoms with Crippen LogP contribution in [0.15, 0.2) is 0 Å². The van der Waals surface area contributed by atoms with Crippen molar-refractivity contribution in [1.82, 2.24) is 0 Å². The fourth-order valence-corrected chi connectivity index (χ4v) is 5.48. The standard InChI is InChI=1S/C32H56O12/c1-19(30(39-11)18-31(43-26(8)36)21(3)28(38-10)15-17-41-24(6)34)12-13-29(42-25(7)35)22(4)32(44-27(9)37)20(2)14-16-40-23(5)33/h19-22,28-32H,12-18H2,1-11H3/t19-,20+,21+,22-,28-,29+,30-,31-,32+/m0/s1. The molecule has 0 saturated carbocycles. The van der Waals surface area contributed by atoms with Crippen molar-refractivity contribution in [2.75, 3.05) is 27.4 Å². The van der Waals surface area contributed by atoms with E-state index in [9.17, 15) is 24.0 Å². The zero-order chi connectivity index (χ0) is 34.0. The Morgan fingerprint density at radius 1 is 0.477 bits per heavy atom. The topological polar surface area (TPSA) is 150 Å². The van der Waals surface area contributed by atoms with Crippen LogP contribution >= 0.6 is 0 Å². The van der Waals surface area contributed by atoms with Gasteiger partial charge in [0.2, 0.25) is 0 Å². The maximum absolute atomic E-state index is 12.1. The number of carbonyl (C=O) groups excluding carboxylic acids is 5. The second kappa shape index (κ2) is 21.9. The van der Waals surface area contributed by atoms with Gasteiger partial charge >= 0.3 is 29.8 Å². The first-order valence-electron chi connectivity index (χ1n) is 15.4. The minimum Gasteiger partial charge on any atom is -0.466 e. The van der Waals surface area contributed by atoms with Crippen LogP contribution in [-0.2, 0) is 57.1 Å². The van der Waals surface area contributed by atoms with E-state index in [2.05, 4.69) is 0 Å². The van der Waals surface area contributed by atoms with Crippen LogP contribution in [0.1, 0.15) is 94.4 Å². The molecule has 9 atom stereocenters. The van der Waals surface area contributed by atoms with Crippen molar-refractivity contribution in [2.24, 2.45) is 23.7 Å². The number of carbonyl (C=O) groups is 5. The first-order chi connectivity index (χ1) is 20.5. The van der Waals surface area contributed by atoms with E-state index < -0.39 is 36.2 Å². The van der Waals surface area contributed by atoms with E-state index in [4.69, 9.17) is 33.2 Å². The summed E-state index contributed by atoms with van der Waals surface area (Å²) in [6.45, 7) is 14.8. The first kappa shape index (κ1) is 41.3. The summed E-state index contributed by atoms with van der Waals surface area (Å²) in [4.78, 5) is 58.5. The molecule has 0 rings (SSSR count). The molecule has 0 unspecified atom stereocenters. The maximum Gasteiger partial charge on any atom is 0.302 e. The fraction of sp³-hybridized carbons (Fsp3) is 0.844. The molecule has 0 aromatic rings. The predicted molar refractivity (Wildman–Crippen MR) is 161 cm³/mol. The van der Waals surface area contributed by atoms with E-state index in [0.717, 1.165) is 0 Å². The van der Waals surface area contributed by atoms with Crippen molar-refractivity contribution in [3.05, 3.63) is 0 Å². The molecule has 0 aliphatic heterocycles. The van der Waals surface area contributed by atoms with Crippen molar-refractivity contribution >= 4 is 29.8 Å². The van der Waals surface area contributed by atoms with Gasteiger partial charge in [0.1, 0.15) is 18.3 Å². The Morgan fingerprint density at radius 3 is 1.41 bits per heavy atom. The SMILES string of the molecule is CO[C@@H](CCOC(C)=O)[C@@H](C)[C@H](C[C@H](OC)[C@@H](C)CC[C@@H](OC(C)=O)[C@H](C)[C@H](OC(C)=O)[C@H](C)CCOC(C)=O)OC(C)=O. The summed E-state index contributed by atoms with van der Waals surface area (Å²) in [5, 5.41) is 0. The molecule has 0 saturated heterocycles. The fourth-order valence-electron chi connectivity index (χ4n) is 5.48. The zero-order valence-electron chi connectivity index (χ0n) is 28.5. The molecule has 0 radical (unpaired) electrons. The van der Waals surface area contributed by atoms with Crippen LogP contribution in [-0.4, -0.2) is 87.8 Å². The van der Waals surface area contributed by atoms with Gasteiger partial charge < -0.3 is 33.2 Å². The molecule has 0 spiro atoms. The molecule has 12 heteroatoms. The number of esters is 5. The Kier molecular flexibility index (Phi) is 20.5. The summed E-state index contributed by atoms with van der Waals surface area (Å²) in [7, 11) is 3.16. The van der Waals surface area contributed by atoms with Gasteiger partial charge in [-0.05, 0) is 31.1 Å². The second-order valence-corrected chi connectivity index (χ2v) is 11.7. The molecular formula is C32H56O12. The third-order valence-electron chi connectivity index (χ3n) is 7.97. The smallest absolute Gasteiger partial charge is 0.302 e. The lowest BCUT2D eigenvalue weighted by atomic mass is 9.83. The van der Waals surface area contributed by atoms with Gasteiger partial charge in [-0.25, -0.2) is 0 Å². The molecule has 0 aromatic heterocycles. The summed E-state index contributed by atoms with van der Waals surface area (Å²) >= 11 is 0. The molecule has 0 aromatic carbocycles. The summed E-state index contributed by atoms with van der Waals surface area (Å²) in [6, 6.07) is 0. The molecule has 0 fully saturated rings. The molecule has 0 aliphatic rings. The van der Waals surface area contributed by atoms with E-state index in [1.807, 2.05) is 27.7 Å². The molecule has 0 bridgehead atoms. The molecule has 256 valence electrons. The number of ether oxygens (including phenoxy) is 7. The van der Waals surface area contributed by atoms with Crippen LogP contribution in [0.5, 0.6) is 0 Å². The van der Waals surface area contributed by atoms with Gasteiger partial charge in [-0.1, -0.05) is 27.7 Å². The number of hydrogen-bond acceptors (Lipinski definition) is 12. The van der Waals surface area contributed by atoms with E-state index in [1.165, 1.54) is 34.6 Å². The van der Waals surface area contributed by atoms with Crippen LogP contribution in [0.3, 0.4) is 0 Å². The molecule has 0 N–H and O–H groups in total. The van der Waals surface area contributed by atoms with Crippen LogP contribution in [0, 0.1) is 23.7 Å². The van der Waals surface area contributed by atoms with Crippen molar-refractivity contribution < 1.29 is 57.1 Å². The Labute approximate surface area is 263 Å². The van der Waals surface area contributed by atoms with Crippen molar-refractivity contribution in [3.63, 3.8) is 0 Å². The Balaban J connectivity index is 5.73. The lowest BCUT2D eigenvalue weighted by Gasteiger charge is -2.35. The van der Waals surface area contributed by atoms with Gasteiger partial charge in [0.05, 0.1) is 25.4 Å². The molecular weight excluding hydrogens is 576 g/mol. The Bertz CT molecular complexity index is 890. The largest absolute Gasteiger partial charge is 0.466 e. The quantitative estimate of drug-likeness (QED) is 0.123. The van der Waals surface area contributed by atoms with Crippen LogP contribution in [0.2, 0.25) is 0 Å². The Hall–Kier alpha value is -2.73. The third kappa shape index (κ3) is 16.9.